The van der Waals surface area contributed by atoms with Gasteiger partial charge in [-0.1, -0.05) is 6.07 Å². The number of rotatable bonds is 8. The maximum Gasteiger partial charge on any atom is 0.472 e. The summed E-state index contributed by atoms with van der Waals surface area (Å²) >= 11 is 0. The molecule has 0 spiro atoms. The summed E-state index contributed by atoms with van der Waals surface area (Å²) in [6, 6.07) is 4.03. The first kappa shape index (κ1) is 18.4. The number of carboxylic acids is 1. The fourth-order valence-corrected chi connectivity index (χ4v) is 1.73. The van der Waals surface area contributed by atoms with Crippen LogP contribution in [0, 0.1) is 0 Å². The number of carboxylic acid groups (broad SMARTS) is 1. The summed E-state index contributed by atoms with van der Waals surface area (Å²) < 4.78 is 19.5. The Balaban J connectivity index is 2.85. The Kier molecular flexibility index (Phi) is 5.89. The van der Waals surface area contributed by atoms with Crippen LogP contribution in [0.3, 0.4) is 0 Å². The molecule has 0 bridgehead atoms. The van der Waals surface area contributed by atoms with Crippen molar-refractivity contribution in [1.82, 2.24) is 5.43 Å². The first-order valence-electron chi connectivity index (χ1n) is 5.93. The molecule has 0 aromatic heterocycles. The summed E-state index contributed by atoms with van der Waals surface area (Å²) in [6.07, 6.45) is -0.0190. The molecule has 1 rings (SSSR count). The third-order valence-corrected chi connectivity index (χ3v) is 3.25. The van der Waals surface area contributed by atoms with E-state index < -0.39 is 26.1 Å². The highest BCUT2D eigenvalue weighted by Crippen LogP contribution is 2.36. The predicted molar refractivity (Wildman–Crippen MR) is 73.8 cm³/mol. The monoisotopic (exact) mass is 336 g/mol. The molecule has 0 aliphatic rings. The molecule has 1 atom stereocenters. The number of benzene rings is 1. The van der Waals surface area contributed by atoms with Gasteiger partial charge >= 0.3 is 13.8 Å². The van der Waals surface area contributed by atoms with Crippen LogP contribution >= 0.6 is 7.82 Å². The molecule has 0 amide bonds. The number of hydrogen-bond acceptors (Lipinski definition) is 7. The van der Waals surface area contributed by atoms with E-state index in [1.165, 1.54) is 25.1 Å². The number of aromatic hydroxyl groups is 1. The molecular formula is C11H17N2O8P. The maximum absolute atomic E-state index is 11.2. The molecule has 124 valence electrons. The van der Waals surface area contributed by atoms with Crippen LogP contribution in [0.5, 0.6) is 11.5 Å². The standard InChI is InChI=1S/C11H17N2O8P/c1-11(13-12,10(15)16)5-7-2-3-8(14)9(4-7)20-6-21-22(17,18)19/h2-4,13-14H,5-6,12H2,1H3,(H,15,16)(H2,17,18,19). The third kappa shape index (κ3) is 5.26. The first-order chi connectivity index (χ1) is 10.1. The van der Waals surface area contributed by atoms with Crippen molar-refractivity contribution in [2.75, 3.05) is 6.79 Å². The minimum atomic E-state index is -4.69. The molecule has 0 heterocycles. The SMILES string of the molecule is CC(Cc1ccc(O)c(OCOP(=O)(O)O)c1)(NN)C(=O)O. The van der Waals surface area contributed by atoms with Crippen LogP contribution in [0.25, 0.3) is 0 Å². The van der Waals surface area contributed by atoms with Gasteiger partial charge in [0.25, 0.3) is 0 Å². The van der Waals surface area contributed by atoms with Crippen molar-refractivity contribution >= 4 is 13.8 Å². The van der Waals surface area contributed by atoms with E-state index in [-0.39, 0.29) is 17.9 Å². The smallest absolute Gasteiger partial charge is 0.472 e. The fourth-order valence-electron chi connectivity index (χ4n) is 1.54. The first-order valence-corrected chi connectivity index (χ1v) is 7.46. The molecule has 0 saturated heterocycles. The summed E-state index contributed by atoms with van der Waals surface area (Å²) in [5, 5.41) is 18.7. The Labute approximate surface area is 125 Å². The number of phenolic OH excluding ortho intramolecular Hbond substituents is 1. The summed E-state index contributed by atoms with van der Waals surface area (Å²) in [4.78, 5) is 28.2. The number of hydrazine groups is 1. The number of aliphatic carboxylic acids is 1. The Morgan fingerprint density at radius 1 is 1.45 bits per heavy atom. The summed E-state index contributed by atoms with van der Waals surface area (Å²) in [6.45, 7) is 0.590. The van der Waals surface area contributed by atoms with Crippen LogP contribution in [0.2, 0.25) is 0 Å². The lowest BCUT2D eigenvalue weighted by Gasteiger charge is -2.24. The van der Waals surface area contributed by atoms with Crippen molar-refractivity contribution in [3.63, 3.8) is 0 Å². The third-order valence-electron chi connectivity index (χ3n) is 2.81. The van der Waals surface area contributed by atoms with Crippen molar-refractivity contribution in [1.29, 1.82) is 0 Å². The van der Waals surface area contributed by atoms with Gasteiger partial charge < -0.3 is 24.7 Å². The number of nitrogens with two attached hydrogens (primary N) is 1. The van der Waals surface area contributed by atoms with E-state index in [4.69, 9.17) is 25.5 Å². The Bertz CT molecular complexity index is 589. The molecule has 0 aliphatic heterocycles. The van der Waals surface area contributed by atoms with E-state index in [9.17, 15) is 14.5 Å². The highest BCUT2D eigenvalue weighted by molar-refractivity contribution is 7.46. The highest BCUT2D eigenvalue weighted by Gasteiger charge is 2.32. The number of carbonyl (C=O) groups is 1. The van der Waals surface area contributed by atoms with E-state index in [1.807, 2.05) is 0 Å². The van der Waals surface area contributed by atoms with Crippen LogP contribution in [0.4, 0.5) is 0 Å². The largest absolute Gasteiger partial charge is 0.504 e. The molecule has 11 heteroatoms. The second kappa shape index (κ2) is 7.05. The topological polar surface area (TPSA) is 172 Å². The van der Waals surface area contributed by atoms with Gasteiger partial charge in [0, 0.05) is 6.42 Å². The van der Waals surface area contributed by atoms with Gasteiger partial charge in [-0.05, 0) is 24.6 Å². The maximum atomic E-state index is 11.2. The lowest BCUT2D eigenvalue weighted by molar-refractivity contribution is -0.144. The quantitative estimate of drug-likeness (QED) is 0.160. The van der Waals surface area contributed by atoms with Gasteiger partial charge in [-0.3, -0.25) is 10.6 Å². The highest BCUT2D eigenvalue weighted by atomic mass is 31.2. The zero-order chi connectivity index (χ0) is 17.0. The minimum Gasteiger partial charge on any atom is -0.504 e. The second-order valence-electron chi connectivity index (χ2n) is 4.64. The zero-order valence-electron chi connectivity index (χ0n) is 11.6. The average Bonchev–Trinajstić information content (AvgIpc) is 2.40. The van der Waals surface area contributed by atoms with Gasteiger partial charge in [0.2, 0.25) is 6.79 Å². The number of phosphoric ester groups is 1. The van der Waals surface area contributed by atoms with Crippen molar-refractivity contribution in [3.05, 3.63) is 23.8 Å². The molecular weight excluding hydrogens is 319 g/mol. The van der Waals surface area contributed by atoms with Crippen molar-refractivity contribution in [2.24, 2.45) is 5.84 Å². The lowest BCUT2D eigenvalue weighted by Crippen LogP contribution is -2.54. The molecule has 0 fully saturated rings. The lowest BCUT2D eigenvalue weighted by atomic mass is 9.93. The summed E-state index contributed by atoms with van der Waals surface area (Å²) in [7, 11) is -4.69. The molecule has 0 saturated carbocycles. The number of phosphoric acid groups is 1. The van der Waals surface area contributed by atoms with Gasteiger partial charge in [-0.2, -0.15) is 0 Å². The summed E-state index contributed by atoms with van der Waals surface area (Å²) in [5.41, 5.74) is 1.22. The predicted octanol–water partition coefficient (Wildman–Crippen LogP) is -0.313. The van der Waals surface area contributed by atoms with Gasteiger partial charge in [0.15, 0.2) is 11.5 Å². The van der Waals surface area contributed by atoms with E-state index in [0.717, 1.165) is 0 Å². The van der Waals surface area contributed by atoms with Crippen LogP contribution in [0.1, 0.15) is 12.5 Å². The van der Waals surface area contributed by atoms with Crippen molar-refractivity contribution < 1.29 is 38.6 Å². The van der Waals surface area contributed by atoms with E-state index in [0.29, 0.717) is 5.56 Å². The van der Waals surface area contributed by atoms with Crippen LogP contribution < -0.4 is 16.0 Å². The Hall–Kier alpha value is -1.68. The minimum absolute atomic E-state index is 0.0190. The molecule has 0 radical (unpaired) electrons. The normalized spacial score (nSPS) is 14.4. The van der Waals surface area contributed by atoms with Gasteiger partial charge in [-0.15, -0.1) is 0 Å². The van der Waals surface area contributed by atoms with Gasteiger partial charge in [0.1, 0.15) is 5.54 Å². The molecule has 1 aromatic rings. The summed E-state index contributed by atoms with van der Waals surface area (Å²) in [5.74, 6) is 3.65. The van der Waals surface area contributed by atoms with Gasteiger partial charge in [0.05, 0.1) is 0 Å². The van der Waals surface area contributed by atoms with E-state index >= 15 is 0 Å². The van der Waals surface area contributed by atoms with Crippen molar-refractivity contribution in [3.8, 4) is 11.5 Å². The Morgan fingerprint density at radius 3 is 2.59 bits per heavy atom. The molecule has 1 unspecified atom stereocenters. The number of ether oxygens (including phenoxy) is 1. The molecule has 22 heavy (non-hydrogen) atoms. The van der Waals surface area contributed by atoms with E-state index in [1.54, 1.807) is 0 Å². The number of nitrogens with one attached hydrogen (secondary N) is 1. The van der Waals surface area contributed by atoms with Crippen LogP contribution in [0.15, 0.2) is 18.2 Å². The van der Waals surface area contributed by atoms with E-state index in [2.05, 4.69) is 9.95 Å². The van der Waals surface area contributed by atoms with Crippen molar-refractivity contribution in [2.45, 2.75) is 18.9 Å². The average molecular weight is 336 g/mol. The zero-order valence-corrected chi connectivity index (χ0v) is 12.5. The number of hydrogen-bond donors (Lipinski definition) is 6. The van der Waals surface area contributed by atoms with Gasteiger partial charge in [-0.25, -0.2) is 14.5 Å². The Morgan fingerprint density at radius 2 is 2.09 bits per heavy atom. The number of phenols is 1. The molecule has 10 nitrogen and oxygen atoms in total. The molecule has 0 aliphatic carbocycles. The van der Waals surface area contributed by atoms with Crippen LogP contribution in [-0.2, 0) is 20.3 Å². The fraction of sp³-hybridized carbons (Fsp3) is 0.364. The molecule has 1 aromatic carbocycles. The molecule has 7 N–H and O–H groups in total. The van der Waals surface area contributed by atoms with Crippen LogP contribution in [-0.4, -0.2) is 38.3 Å². The second-order valence-corrected chi connectivity index (χ2v) is 5.88.